The Morgan fingerprint density at radius 1 is 1.38 bits per heavy atom. The van der Waals surface area contributed by atoms with Gasteiger partial charge in [0.25, 0.3) is 0 Å². The molecule has 0 saturated heterocycles. The van der Waals surface area contributed by atoms with E-state index in [1.807, 2.05) is 6.92 Å². The van der Waals surface area contributed by atoms with Gasteiger partial charge in [-0.15, -0.1) is 0 Å². The first kappa shape index (κ1) is 10.3. The van der Waals surface area contributed by atoms with Gasteiger partial charge in [0.05, 0.1) is 0 Å². The van der Waals surface area contributed by atoms with Gasteiger partial charge in [-0.25, -0.2) is 4.79 Å². The molecule has 0 atom stereocenters. The molecule has 0 bridgehead atoms. The highest BCUT2D eigenvalue weighted by Gasteiger charge is 2.29. The minimum Gasteiger partial charge on any atom is -0.338 e. The van der Waals surface area contributed by atoms with Crippen molar-refractivity contribution in [2.75, 3.05) is 13.1 Å². The third-order valence-electron chi connectivity index (χ3n) is 2.54. The SMILES string of the molecule is CCNC(=O)NCC1(N)CCCC1. The quantitative estimate of drug-likeness (QED) is 0.602. The smallest absolute Gasteiger partial charge is 0.314 e. The maximum Gasteiger partial charge on any atom is 0.314 e. The number of urea groups is 1. The van der Waals surface area contributed by atoms with E-state index in [-0.39, 0.29) is 11.6 Å². The highest BCUT2D eigenvalue weighted by Crippen LogP contribution is 2.26. The van der Waals surface area contributed by atoms with Crippen LogP contribution in [-0.4, -0.2) is 24.7 Å². The summed E-state index contributed by atoms with van der Waals surface area (Å²) in [6, 6.07) is -0.112. The Hall–Kier alpha value is -0.770. The molecule has 2 amide bonds. The van der Waals surface area contributed by atoms with Crippen LogP contribution in [-0.2, 0) is 0 Å². The summed E-state index contributed by atoms with van der Waals surface area (Å²) in [4.78, 5) is 11.1. The van der Waals surface area contributed by atoms with Gasteiger partial charge in [-0.05, 0) is 19.8 Å². The Labute approximate surface area is 79.3 Å². The van der Waals surface area contributed by atoms with E-state index < -0.39 is 0 Å². The summed E-state index contributed by atoms with van der Waals surface area (Å²) >= 11 is 0. The van der Waals surface area contributed by atoms with Crippen LogP contribution in [0.4, 0.5) is 4.79 Å². The first-order valence-electron chi connectivity index (χ1n) is 4.97. The predicted molar refractivity (Wildman–Crippen MR) is 52.5 cm³/mol. The lowest BCUT2D eigenvalue weighted by Gasteiger charge is -2.23. The highest BCUT2D eigenvalue weighted by atomic mass is 16.2. The zero-order valence-electron chi connectivity index (χ0n) is 8.23. The fourth-order valence-electron chi connectivity index (χ4n) is 1.74. The lowest BCUT2D eigenvalue weighted by Crippen LogP contribution is -2.50. The van der Waals surface area contributed by atoms with Crippen LogP contribution in [0.25, 0.3) is 0 Å². The van der Waals surface area contributed by atoms with E-state index in [4.69, 9.17) is 5.73 Å². The van der Waals surface area contributed by atoms with Crippen molar-refractivity contribution in [3.63, 3.8) is 0 Å². The Kier molecular flexibility index (Phi) is 3.54. The van der Waals surface area contributed by atoms with Crippen LogP contribution in [0.3, 0.4) is 0 Å². The standard InChI is InChI=1S/C9H19N3O/c1-2-11-8(13)12-7-9(10)5-3-4-6-9/h2-7,10H2,1H3,(H2,11,12,13). The summed E-state index contributed by atoms with van der Waals surface area (Å²) in [7, 11) is 0. The van der Waals surface area contributed by atoms with Gasteiger partial charge in [0.1, 0.15) is 0 Å². The average molecular weight is 185 g/mol. The molecule has 4 heteroatoms. The van der Waals surface area contributed by atoms with Gasteiger partial charge in [0.2, 0.25) is 0 Å². The van der Waals surface area contributed by atoms with Crippen molar-refractivity contribution in [1.82, 2.24) is 10.6 Å². The zero-order valence-corrected chi connectivity index (χ0v) is 8.23. The second-order valence-corrected chi connectivity index (χ2v) is 3.78. The molecule has 1 aliphatic carbocycles. The Morgan fingerprint density at radius 3 is 2.54 bits per heavy atom. The van der Waals surface area contributed by atoms with E-state index in [2.05, 4.69) is 10.6 Å². The Balaban J connectivity index is 2.21. The number of carbonyl (C=O) groups excluding carboxylic acids is 1. The second kappa shape index (κ2) is 4.46. The van der Waals surface area contributed by atoms with Crippen molar-refractivity contribution in [3.05, 3.63) is 0 Å². The van der Waals surface area contributed by atoms with E-state index >= 15 is 0 Å². The number of amides is 2. The third kappa shape index (κ3) is 3.22. The number of nitrogens with two attached hydrogens (primary N) is 1. The fraction of sp³-hybridized carbons (Fsp3) is 0.889. The van der Waals surface area contributed by atoms with E-state index in [0.29, 0.717) is 13.1 Å². The molecule has 1 fully saturated rings. The summed E-state index contributed by atoms with van der Waals surface area (Å²) in [5.74, 6) is 0. The topological polar surface area (TPSA) is 67.2 Å². The molecule has 76 valence electrons. The van der Waals surface area contributed by atoms with Crippen molar-refractivity contribution in [2.45, 2.75) is 38.1 Å². The molecule has 0 spiro atoms. The molecule has 13 heavy (non-hydrogen) atoms. The first-order valence-corrected chi connectivity index (χ1v) is 4.97. The van der Waals surface area contributed by atoms with Gasteiger partial charge in [0.15, 0.2) is 0 Å². The van der Waals surface area contributed by atoms with E-state index in [0.717, 1.165) is 12.8 Å². The average Bonchev–Trinajstić information content (AvgIpc) is 2.51. The van der Waals surface area contributed by atoms with E-state index in [1.54, 1.807) is 0 Å². The fourth-order valence-corrected chi connectivity index (χ4v) is 1.74. The van der Waals surface area contributed by atoms with Gasteiger partial charge in [-0.1, -0.05) is 12.8 Å². The van der Waals surface area contributed by atoms with Gasteiger partial charge in [0, 0.05) is 18.6 Å². The molecule has 0 aliphatic heterocycles. The number of hydrogen-bond donors (Lipinski definition) is 3. The summed E-state index contributed by atoms with van der Waals surface area (Å²) in [5, 5.41) is 5.47. The molecule has 4 N–H and O–H groups in total. The van der Waals surface area contributed by atoms with Gasteiger partial charge in [-0.2, -0.15) is 0 Å². The zero-order chi connectivity index (χ0) is 9.73. The monoisotopic (exact) mass is 185 g/mol. The van der Waals surface area contributed by atoms with Crippen LogP contribution in [0, 0.1) is 0 Å². The number of rotatable bonds is 3. The van der Waals surface area contributed by atoms with Gasteiger partial charge < -0.3 is 16.4 Å². The van der Waals surface area contributed by atoms with Crippen molar-refractivity contribution >= 4 is 6.03 Å². The number of nitrogens with one attached hydrogen (secondary N) is 2. The number of hydrogen-bond acceptors (Lipinski definition) is 2. The molecule has 1 rings (SSSR count). The van der Waals surface area contributed by atoms with E-state index in [1.165, 1.54) is 12.8 Å². The largest absolute Gasteiger partial charge is 0.338 e. The van der Waals surface area contributed by atoms with Crippen molar-refractivity contribution in [3.8, 4) is 0 Å². The third-order valence-corrected chi connectivity index (χ3v) is 2.54. The summed E-state index contributed by atoms with van der Waals surface area (Å²) in [5.41, 5.74) is 5.91. The molecular formula is C9H19N3O. The van der Waals surface area contributed by atoms with Crippen LogP contribution in [0.15, 0.2) is 0 Å². The Morgan fingerprint density at radius 2 is 2.00 bits per heavy atom. The second-order valence-electron chi connectivity index (χ2n) is 3.78. The molecule has 0 heterocycles. The van der Waals surface area contributed by atoms with Crippen molar-refractivity contribution in [2.24, 2.45) is 5.73 Å². The Bertz CT molecular complexity index is 176. The number of carbonyl (C=O) groups is 1. The van der Waals surface area contributed by atoms with Crippen molar-refractivity contribution < 1.29 is 4.79 Å². The highest BCUT2D eigenvalue weighted by molar-refractivity contribution is 5.73. The maximum atomic E-state index is 11.1. The molecular weight excluding hydrogens is 166 g/mol. The lowest BCUT2D eigenvalue weighted by molar-refractivity contribution is 0.238. The maximum absolute atomic E-state index is 11.1. The summed E-state index contributed by atoms with van der Waals surface area (Å²) < 4.78 is 0. The molecule has 0 aromatic rings. The van der Waals surface area contributed by atoms with Crippen LogP contribution in [0.5, 0.6) is 0 Å². The molecule has 0 aromatic carbocycles. The lowest BCUT2D eigenvalue weighted by atomic mass is 10.00. The van der Waals surface area contributed by atoms with E-state index in [9.17, 15) is 4.79 Å². The van der Waals surface area contributed by atoms with Crippen LogP contribution in [0.1, 0.15) is 32.6 Å². The molecule has 0 unspecified atom stereocenters. The first-order chi connectivity index (χ1) is 6.16. The van der Waals surface area contributed by atoms with Gasteiger partial charge in [-0.3, -0.25) is 0 Å². The molecule has 0 radical (unpaired) electrons. The van der Waals surface area contributed by atoms with Crippen LogP contribution < -0.4 is 16.4 Å². The molecule has 1 aliphatic rings. The van der Waals surface area contributed by atoms with Gasteiger partial charge >= 0.3 is 6.03 Å². The summed E-state index contributed by atoms with van der Waals surface area (Å²) in [6.07, 6.45) is 4.43. The molecule has 0 aromatic heterocycles. The predicted octanol–water partition coefficient (Wildman–Crippen LogP) is 0.577. The van der Waals surface area contributed by atoms with Crippen LogP contribution >= 0.6 is 0 Å². The normalized spacial score (nSPS) is 19.8. The summed E-state index contributed by atoms with van der Waals surface area (Å²) in [6.45, 7) is 3.15. The molecule has 1 saturated carbocycles. The molecule has 4 nitrogen and oxygen atoms in total. The minimum absolute atomic E-state index is 0.112. The van der Waals surface area contributed by atoms with Crippen LogP contribution in [0.2, 0.25) is 0 Å². The minimum atomic E-state index is -0.148. The van der Waals surface area contributed by atoms with Crippen molar-refractivity contribution in [1.29, 1.82) is 0 Å².